The summed E-state index contributed by atoms with van der Waals surface area (Å²) in [7, 11) is 0. The molecule has 1 aliphatic rings. The molecule has 0 saturated carbocycles. The van der Waals surface area contributed by atoms with Crippen molar-refractivity contribution in [1.82, 2.24) is 0 Å². The second-order valence-electron chi connectivity index (χ2n) is 5.15. The van der Waals surface area contributed by atoms with Crippen molar-refractivity contribution in [1.29, 1.82) is 0 Å². The van der Waals surface area contributed by atoms with Gasteiger partial charge in [-0.05, 0) is 12.1 Å². The van der Waals surface area contributed by atoms with Crippen LogP contribution < -0.4 is 0 Å². The SMILES string of the molecule is CC(=O)c1cc([N+](=O)[O-])c2c(c1N=O)C(=O)c1ccccc1C2=O. The van der Waals surface area contributed by atoms with Crippen molar-refractivity contribution in [3.63, 3.8) is 0 Å². The van der Waals surface area contributed by atoms with Crippen LogP contribution in [0.2, 0.25) is 0 Å². The summed E-state index contributed by atoms with van der Waals surface area (Å²) in [5, 5.41) is 14.0. The van der Waals surface area contributed by atoms with E-state index in [4.69, 9.17) is 0 Å². The smallest absolute Gasteiger partial charge is 0.282 e. The summed E-state index contributed by atoms with van der Waals surface area (Å²) in [5.41, 5.74) is -2.60. The summed E-state index contributed by atoms with van der Waals surface area (Å²) in [6.45, 7) is 1.09. The molecule has 0 aromatic heterocycles. The number of fused-ring (bicyclic) bond motifs is 2. The predicted molar refractivity (Wildman–Crippen MR) is 81.9 cm³/mol. The van der Waals surface area contributed by atoms with E-state index in [0.717, 1.165) is 13.0 Å². The van der Waals surface area contributed by atoms with Crippen LogP contribution >= 0.6 is 0 Å². The normalized spacial score (nSPS) is 12.4. The molecule has 3 rings (SSSR count). The molecule has 0 radical (unpaired) electrons. The minimum absolute atomic E-state index is 0.00511. The molecule has 24 heavy (non-hydrogen) atoms. The minimum atomic E-state index is -0.862. The summed E-state index contributed by atoms with van der Waals surface area (Å²) < 4.78 is 0. The molecule has 0 unspecified atom stereocenters. The number of hydrogen-bond acceptors (Lipinski definition) is 7. The average molecular weight is 324 g/mol. The Morgan fingerprint density at radius 1 is 1.08 bits per heavy atom. The lowest BCUT2D eigenvalue weighted by Crippen LogP contribution is -2.23. The quantitative estimate of drug-likeness (QED) is 0.316. The van der Waals surface area contributed by atoms with Crippen LogP contribution in [0.3, 0.4) is 0 Å². The first-order chi connectivity index (χ1) is 11.4. The molecule has 118 valence electrons. The molecule has 0 heterocycles. The van der Waals surface area contributed by atoms with Gasteiger partial charge in [0.25, 0.3) is 5.69 Å². The lowest BCUT2D eigenvalue weighted by Gasteiger charge is -2.19. The zero-order chi connectivity index (χ0) is 17.6. The Kier molecular flexibility index (Phi) is 3.37. The first-order valence-electron chi connectivity index (χ1n) is 6.76. The molecule has 0 atom stereocenters. The third kappa shape index (κ3) is 1.97. The van der Waals surface area contributed by atoms with Gasteiger partial charge in [-0.2, -0.15) is 0 Å². The molecule has 0 spiro atoms. The van der Waals surface area contributed by atoms with E-state index in [9.17, 15) is 29.4 Å². The number of hydrogen-bond donors (Lipinski definition) is 0. The fourth-order valence-electron chi connectivity index (χ4n) is 2.76. The number of nitro benzene ring substituents is 1. The molecule has 0 fully saturated rings. The molecule has 2 aromatic carbocycles. The molecule has 0 amide bonds. The summed E-state index contributed by atoms with van der Waals surface area (Å²) in [4.78, 5) is 58.7. The Labute approximate surface area is 134 Å². The Morgan fingerprint density at radius 3 is 2.08 bits per heavy atom. The van der Waals surface area contributed by atoms with Crippen LogP contribution in [0.5, 0.6) is 0 Å². The number of carbonyl (C=O) groups excluding carboxylic acids is 3. The fraction of sp³-hybridized carbons (Fsp3) is 0.0625. The van der Waals surface area contributed by atoms with E-state index < -0.39 is 44.8 Å². The van der Waals surface area contributed by atoms with Crippen molar-refractivity contribution in [3.05, 3.63) is 73.2 Å². The van der Waals surface area contributed by atoms with Crippen LogP contribution in [0.4, 0.5) is 11.4 Å². The second kappa shape index (κ2) is 5.27. The third-order valence-electron chi connectivity index (χ3n) is 3.82. The van der Waals surface area contributed by atoms with Crippen LogP contribution in [-0.2, 0) is 0 Å². The third-order valence-corrected chi connectivity index (χ3v) is 3.82. The van der Waals surface area contributed by atoms with E-state index in [2.05, 4.69) is 5.18 Å². The highest BCUT2D eigenvalue weighted by Crippen LogP contribution is 2.40. The molecular formula is C16H8N2O6. The van der Waals surface area contributed by atoms with Crippen molar-refractivity contribution in [2.45, 2.75) is 6.92 Å². The van der Waals surface area contributed by atoms with Gasteiger partial charge in [0, 0.05) is 17.2 Å². The van der Waals surface area contributed by atoms with Crippen molar-refractivity contribution in [3.8, 4) is 0 Å². The van der Waals surface area contributed by atoms with Crippen molar-refractivity contribution in [2.75, 3.05) is 0 Å². The molecule has 0 N–H and O–H groups in total. The van der Waals surface area contributed by atoms with Gasteiger partial charge in [-0.15, -0.1) is 4.91 Å². The predicted octanol–water partition coefficient (Wildman–Crippen LogP) is 2.97. The molecule has 2 aromatic rings. The maximum Gasteiger partial charge on any atom is 0.282 e. The van der Waals surface area contributed by atoms with E-state index in [0.29, 0.717) is 0 Å². The van der Waals surface area contributed by atoms with Crippen LogP contribution in [-0.4, -0.2) is 22.3 Å². The van der Waals surface area contributed by atoms with Crippen molar-refractivity contribution in [2.24, 2.45) is 5.18 Å². The van der Waals surface area contributed by atoms with Crippen LogP contribution in [0.1, 0.15) is 49.1 Å². The largest absolute Gasteiger partial charge is 0.294 e. The van der Waals surface area contributed by atoms with Gasteiger partial charge in [0.2, 0.25) is 5.78 Å². The fourth-order valence-corrected chi connectivity index (χ4v) is 2.76. The first-order valence-corrected chi connectivity index (χ1v) is 6.76. The topological polar surface area (TPSA) is 124 Å². The first kappa shape index (κ1) is 15.3. The molecule has 1 aliphatic carbocycles. The van der Waals surface area contributed by atoms with Gasteiger partial charge < -0.3 is 0 Å². The Balaban J connectivity index is 2.51. The van der Waals surface area contributed by atoms with Crippen molar-refractivity contribution >= 4 is 28.7 Å². The van der Waals surface area contributed by atoms with Crippen LogP contribution in [0.15, 0.2) is 35.5 Å². The highest BCUT2D eigenvalue weighted by atomic mass is 16.6. The minimum Gasteiger partial charge on any atom is -0.294 e. The Bertz CT molecular complexity index is 977. The highest BCUT2D eigenvalue weighted by molar-refractivity contribution is 6.32. The summed E-state index contributed by atoms with van der Waals surface area (Å²) >= 11 is 0. The standard InChI is InChI=1S/C16H8N2O6/c1-7(19)10-6-11(18(23)24)12-13(14(10)17-22)16(21)9-5-3-2-4-8(9)15(12)20/h2-6H,1H3. The van der Waals surface area contributed by atoms with Gasteiger partial charge in [-0.3, -0.25) is 24.5 Å². The second-order valence-corrected chi connectivity index (χ2v) is 5.15. The van der Waals surface area contributed by atoms with Gasteiger partial charge in [-0.1, -0.05) is 24.3 Å². The van der Waals surface area contributed by atoms with Gasteiger partial charge in [0.15, 0.2) is 11.6 Å². The number of nitro groups is 1. The zero-order valence-electron chi connectivity index (χ0n) is 12.2. The number of rotatable bonds is 3. The average Bonchev–Trinajstić information content (AvgIpc) is 2.57. The van der Waals surface area contributed by atoms with Gasteiger partial charge in [0.05, 0.1) is 16.1 Å². The highest BCUT2D eigenvalue weighted by Gasteiger charge is 2.39. The van der Waals surface area contributed by atoms with Gasteiger partial charge in [0.1, 0.15) is 11.3 Å². The lowest BCUT2D eigenvalue weighted by atomic mass is 9.81. The van der Waals surface area contributed by atoms with Crippen LogP contribution in [0.25, 0.3) is 0 Å². The van der Waals surface area contributed by atoms with E-state index in [1.165, 1.54) is 24.3 Å². The number of Topliss-reactive ketones (excluding diaryl/α,β-unsaturated/α-hetero) is 1. The Hall–Kier alpha value is -3.55. The van der Waals surface area contributed by atoms with Gasteiger partial charge in [-0.25, -0.2) is 0 Å². The molecule has 8 heteroatoms. The van der Waals surface area contributed by atoms with Gasteiger partial charge >= 0.3 is 0 Å². The van der Waals surface area contributed by atoms with Crippen molar-refractivity contribution < 1.29 is 19.3 Å². The Morgan fingerprint density at radius 2 is 1.62 bits per heavy atom. The molecule has 0 bridgehead atoms. The van der Waals surface area contributed by atoms with E-state index >= 15 is 0 Å². The molecule has 8 nitrogen and oxygen atoms in total. The number of nitrogens with zero attached hydrogens (tertiary/aromatic N) is 2. The lowest BCUT2D eigenvalue weighted by molar-refractivity contribution is -0.385. The van der Waals surface area contributed by atoms with E-state index in [1.54, 1.807) is 0 Å². The monoisotopic (exact) mass is 324 g/mol. The summed E-state index contributed by atoms with van der Waals surface area (Å²) in [6.07, 6.45) is 0. The maximum atomic E-state index is 12.7. The van der Waals surface area contributed by atoms with E-state index in [-0.39, 0.29) is 16.7 Å². The van der Waals surface area contributed by atoms with Crippen LogP contribution in [0, 0.1) is 15.0 Å². The van der Waals surface area contributed by atoms with E-state index in [1.807, 2.05) is 0 Å². The number of benzene rings is 2. The maximum absolute atomic E-state index is 12.7. The molecule has 0 saturated heterocycles. The summed E-state index contributed by atoms with van der Waals surface area (Å²) in [5.74, 6) is -2.18. The number of ketones is 3. The molecule has 0 aliphatic heterocycles. The number of carbonyl (C=O) groups is 3. The molecular weight excluding hydrogens is 316 g/mol. The summed E-state index contributed by atoms with van der Waals surface area (Å²) in [6, 6.07) is 6.60. The zero-order valence-corrected chi connectivity index (χ0v) is 12.2. The number of nitroso groups, excluding NO2 is 1.